The van der Waals surface area contributed by atoms with E-state index >= 15 is 0 Å². The molecule has 0 unspecified atom stereocenters. The molecule has 0 saturated carbocycles. The van der Waals surface area contributed by atoms with E-state index in [0.717, 1.165) is 16.5 Å². The van der Waals surface area contributed by atoms with Gasteiger partial charge in [-0.05, 0) is 31.2 Å². The lowest BCUT2D eigenvalue weighted by molar-refractivity contribution is -0.117. The first kappa shape index (κ1) is 20.4. The number of fused-ring (bicyclic) bond motifs is 1. The number of urea groups is 1. The molecule has 150 valence electrons. The van der Waals surface area contributed by atoms with Crippen LogP contribution in [0, 0.1) is 18.3 Å². The molecule has 0 saturated heterocycles. The SMILES string of the molecule is Cc1ccc(NC(=O)Cn2cc(/C=C(/C#N)C(=O)NC(N)=O)c3ccccc32)cc1. The van der Waals surface area contributed by atoms with Crippen LogP contribution < -0.4 is 16.4 Å². The summed E-state index contributed by atoms with van der Waals surface area (Å²) in [6.07, 6.45) is 3.03. The molecule has 3 aromatic rings. The minimum atomic E-state index is -1.05. The third-order valence-corrected chi connectivity index (χ3v) is 4.37. The molecule has 8 heteroatoms. The fourth-order valence-electron chi connectivity index (χ4n) is 3.00. The van der Waals surface area contributed by atoms with E-state index in [1.54, 1.807) is 16.8 Å². The third-order valence-electron chi connectivity index (χ3n) is 4.37. The minimum absolute atomic E-state index is 0.0393. The average molecular weight is 401 g/mol. The number of nitrogens with two attached hydrogens (primary N) is 1. The molecular weight excluding hydrogens is 382 g/mol. The molecule has 0 aliphatic rings. The predicted molar refractivity (Wildman–Crippen MR) is 113 cm³/mol. The maximum atomic E-state index is 12.5. The van der Waals surface area contributed by atoms with Gasteiger partial charge in [0.2, 0.25) is 5.91 Å². The summed E-state index contributed by atoms with van der Waals surface area (Å²) >= 11 is 0. The predicted octanol–water partition coefficient (Wildman–Crippen LogP) is 2.69. The number of aryl methyl sites for hydroxylation is 1. The lowest BCUT2D eigenvalue weighted by atomic mass is 10.1. The number of nitriles is 1. The highest BCUT2D eigenvalue weighted by molar-refractivity contribution is 6.09. The second-order valence-corrected chi connectivity index (χ2v) is 6.63. The topological polar surface area (TPSA) is 130 Å². The molecule has 4 amide bonds. The van der Waals surface area contributed by atoms with Gasteiger partial charge in [-0.2, -0.15) is 5.26 Å². The van der Waals surface area contributed by atoms with E-state index in [1.807, 2.05) is 60.8 Å². The molecule has 1 heterocycles. The molecule has 0 spiro atoms. The molecule has 30 heavy (non-hydrogen) atoms. The van der Waals surface area contributed by atoms with E-state index in [-0.39, 0.29) is 18.0 Å². The van der Waals surface area contributed by atoms with E-state index in [0.29, 0.717) is 11.3 Å². The first-order chi connectivity index (χ1) is 14.4. The van der Waals surface area contributed by atoms with Crippen LogP contribution in [0.4, 0.5) is 10.5 Å². The van der Waals surface area contributed by atoms with Crippen molar-refractivity contribution in [3.63, 3.8) is 0 Å². The quantitative estimate of drug-likeness (QED) is 0.448. The van der Waals surface area contributed by atoms with Crippen LogP contribution in [-0.4, -0.2) is 22.4 Å². The van der Waals surface area contributed by atoms with Crippen molar-refractivity contribution in [2.24, 2.45) is 5.73 Å². The number of benzene rings is 2. The number of imide groups is 1. The fraction of sp³-hybridized carbons (Fsp3) is 0.0909. The Kier molecular flexibility index (Phi) is 5.94. The Morgan fingerprint density at radius 1 is 1.13 bits per heavy atom. The number of nitrogens with zero attached hydrogens (tertiary/aromatic N) is 2. The number of rotatable bonds is 5. The van der Waals surface area contributed by atoms with Crippen LogP contribution in [0.2, 0.25) is 0 Å². The van der Waals surface area contributed by atoms with Gasteiger partial charge in [0.05, 0.1) is 0 Å². The number of amides is 4. The van der Waals surface area contributed by atoms with Gasteiger partial charge in [0.25, 0.3) is 5.91 Å². The zero-order valence-electron chi connectivity index (χ0n) is 16.2. The van der Waals surface area contributed by atoms with E-state index < -0.39 is 11.9 Å². The smallest absolute Gasteiger partial charge is 0.319 e. The molecule has 0 aliphatic carbocycles. The Morgan fingerprint density at radius 3 is 2.50 bits per heavy atom. The van der Waals surface area contributed by atoms with E-state index in [2.05, 4.69) is 5.32 Å². The van der Waals surface area contributed by atoms with Crippen molar-refractivity contribution in [2.45, 2.75) is 13.5 Å². The molecule has 0 radical (unpaired) electrons. The van der Waals surface area contributed by atoms with Crippen molar-refractivity contribution in [1.82, 2.24) is 9.88 Å². The molecule has 0 fully saturated rings. The van der Waals surface area contributed by atoms with Gasteiger partial charge in [0.1, 0.15) is 18.2 Å². The van der Waals surface area contributed by atoms with Crippen LogP contribution in [0.5, 0.6) is 0 Å². The molecule has 3 rings (SSSR count). The Hall–Kier alpha value is -4.38. The number of hydrogen-bond acceptors (Lipinski definition) is 4. The summed E-state index contributed by atoms with van der Waals surface area (Å²) in [6, 6.07) is 15.5. The molecule has 1 aromatic heterocycles. The Balaban J connectivity index is 1.90. The van der Waals surface area contributed by atoms with Crippen LogP contribution in [0.1, 0.15) is 11.1 Å². The highest BCUT2D eigenvalue weighted by Gasteiger charge is 2.14. The van der Waals surface area contributed by atoms with Gasteiger partial charge < -0.3 is 15.6 Å². The zero-order chi connectivity index (χ0) is 21.7. The van der Waals surface area contributed by atoms with Crippen LogP contribution in [0.15, 0.2) is 60.3 Å². The largest absolute Gasteiger partial charge is 0.351 e. The normalized spacial score (nSPS) is 11.0. The number of para-hydroxylation sites is 1. The maximum Gasteiger partial charge on any atom is 0.319 e. The van der Waals surface area contributed by atoms with Gasteiger partial charge in [0.15, 0.2) is 0 Å². The monoisotopic (exact) mass is 401 g/mol. The summed E-state index contributed by atoms with van der Waals surface area (Å²) in [6.45, 7) is 2.00. The van der Waals surface area contributed by atoms with Gasteiger partial charge in [-0.15, -0.1) is 0 Å². The Bertz CT molecular complexity index is 1200. The van der Waals surface area contributed by atoms with Crippen molar-refractivity contribution >= 4 is 40.5 Å². The average Bonchev–Trinajstić information content (AvgIpc) is 3.04. The van der Waals surface area contributed by atoms with Crippen molar-refractivity contribution in [1.29, 1.82) is 5.26 Å². The first-order valence-corrected chi connectivity index (χ1v) is 9.04. The van der Waals surface area contributed by atoms with Crippen LogP contribution in [0.3, 0.4) is 0 Å². The van der Waals surface area contributed by atoms with Gasteiger partial charge in [-0.25, -0.2) is 4.79 Å². The fourth-order valence-corrected chi connectivity index (χ4v) is 3.00. The second-order valence-electron chi connectivity index (χ2n) is 6.63. The lowest BCUT2D eigenvalue weighted by Gasteiger charge is -2.07. The van der Waals surface area contributed by atoms with E-state index in [9.17, 15) is 19.6 Å². The highest BCUT2D eigenvalue weighted by atomic mass is 16.2. The number of carbonyl (C=O) groups is 3. The standard InChI is InChI=1S/C22H19N5O3/c1-14-6-8-17(9-7-14)25-20(28)13-27-12-16(18-4-2-3-5-19(18)27)10-15(11-23)21(29)26-22(24)30/h2-10,12H,13H2,1H3,(H,25,28)(H3,24,26,29,30)/b15-10-. The third kappa shape index (κ3) is 4.72. The van der Waals surface area contributed by atoms with Gasteiger partial charge in [-0.3, -0.25) is 14.9 Å². The van der Waals surface area contributed by atoms with Crippen LogP contribution in [0.25, 0.3) is 17.0 Å². The van der Waals surface area contributed by atoms with Gasteiger partial charge >= 0.3 is 6.03 Å². The first-order valence-electron chi connectivity index (χ1n) is 9.04. The summed E-state index contributed by atoms with van der Waals surface area (Å²) in [7, 11) is 0. The summed E-state index contributed by atoms with van der Waals surface area (Å²) in [5.74, 6) is -1.11. The summed E-state index contributed by atoms with van der Waals surface area (Å²) in [5.41, 5.74) is 7.77. The highest BCUT2D eigenvalue weighted by Crippen LogP contribution is 2.24. The van der Waals surface area contributed by atoms with Crippen molar-refractivity contribution in [3.05, 3.63) is 71.4 Å². The molecule has 4 N–H and O–H groups in total. The molecule has 0 bridgehead atoms. The molecular formula is C22H19N5O3. The van der Waals surface area contributed by atoms with Crippen molar-refractivity contribution in [3.8, 4) is 6.07 Å². The summed E-state index contributed by atoms with van der Waals surface area (Å²) in [5, 5.41) is 14.7. The van der Waals surface area contributed by atoms with Crippen LogP contribution in [-0.2, 0) is 16.1 Å². The Labute approximate surface area is 172 Å². The van der Waals surface area contributed by atoms with Crippen molar-refractivity contribution in [2.75, 3.05) is 5.32 Å². The van der Waals surface area contributed by atoms with Gasteiger partial charge in [0, 0.05) is 28.4 Å². The molecule has 0 atom stereocenters. The number of aromatic nitrogens is 1. The van der Waals surface area contributed by atoms with E-state index in [1.165, 1.54) is 6.08 Å². The molecule has 2 aromatic carbocycles. The number of carbonyl (C=O) groups excluding carboxylic acids is 3. The lowest BCUT2D eigenvalue weighted by Crippen LogP contribution is -2.35. The van der Waals surface area contributed by atoms with Gasteiger partial charge in [-0.1, -0.05) is 35.9 Å². The summed E-state index contributed by atoms with van der Waals surface area (Å²) in [4.78, 5) is 35.4. The second kappa shape index (κ2) is 8.75. The van der Waals surface area contributed by atoms with Crippen LogP contribution >= 0.6 is 0 Å². The molecule has 0 aliphatic heterocycles. The zero-order valence-corrected chi connectivity index (χ0v) is 16.2. The number of nitrogens with one attached hydrogen (secondary N) is 2. The number of anilines is 1. The summed E-state index contributed by atoms with van der Waals surface area (Å²) < 4.78 is 1.73. The molecule has 8 nitrogen and oxygen atoms in total. The number of primary amides is 1. The van der Waals surface area contributed by atoms with Crippen molar-refractivity contribution < 1.29 is 14.4 Å². The minimum Gasteiger partial charge on any atom is -0.351 e. The maximum absolute atomic E-state index is 12.5. The van der Waals surface area contributed by atoms with E-state index in [4.69, 9.17) is 5.73 Å². The number of hydrogen-bond donors (Lipinski definition) is 3. The Morgan fingerprint density at radius 2 is 1.83 bits per heavy atom.